The van der Waals surface area contributed by atoms with Gasteiger partial charge in [-0.15, -0.1) is 0 Å². The van der Waals surface area contributed by atoms with Gasteiger partial charge in [-0.05, 0) is 13.3 Å². The Hall–Kier alpha value is -0.110. The van der Waals surface area contributed by atoms with Gasteiger partial charge >= 0.3 is 0 Å². The quantitative estimate of drug-likeness (QED) is 0.559. The number of aliphatic hydroxyl groups excluding tert-OH is 1. The van der Waals surface area contributed by atoms with E-state index in [4.69, 9.17) is 5.11 Å². The van der Waals surface area contributed by atoms with Gasteiger partial charge < -0.3 is 5.11 Å². The second-order valence-corrected chi connectivity index (χ2v) is 1.93. The van der Waals surface area contributed by atoms with Crippen molar-refractivity contribution in [2.24, 2.45) is 0 Å². The lowest BCUT2D eigenvalue weighted by molar-refractivity contribution is 0.0846. The zero-order valence-corrected chi connectivity index (χ0v) is 4.74. The van der Waals surface area contributed by atoms with Gasteiger partial charge in [-0.2, -0.15) is 0 Å². The number of halogens is 1. The van der Waals surface area contributed by atoms with E-state index in [1.54, 1.807) is 6.92 Å². The molecule has 1 unspecified atom stereocenters. The highest BCUT2D eigenvalue weighted by Crippen LogP contribution is 2.11. The molecule has 1 nitrogen and oxygen atoms in total. The van der Waals surface area contributed by atoms with Gasteiger partial charge in [-0.3, -0.25) is 0 Å². The predicted octanol–water partition coefficient (Wildman–Crippen LogP) is 1.12. The summed E-state index contributed by atoms with van der Waals surface area (Å²) in [4.78, 5) is 0. The molecule has 1 atom stereocenters. The van der Waals surface area contributed by atoms with Gasteiger partial charge in [0.05, 0.1) is 6.61 Å². The first-order chi connectivity index (χ1) is 3.12. The van der Waals surface area contributed by atoms with Crippen LogP contribution in [-0.2, 0) is 0 Å². The van der Waals surface area contributed by atoms with Crippen LogP contribution in [0.2, 0.25) is 0 Å². The molecule has 0 fully saturated rings. The SMILES string of the molecule is CCC(C)(F)CO. The van der Waals surface area contributed by atoms with E-state index >= 15 is 0 Å². The molecule has 0 aliphatic carbocycles. The van der Waals surface area contributed by atoms with Crippen molar-refractivity contribution in [3.63, 3.8) is 0 Å². The van der Waals surface area contributed by atoms with Crippen molar-refractivity contribution < 1.29 is 9.50 Å². The summed E-state index contributed by atoms with van der Waals surface area (Å²) in [5.41, 5.74) is -1.36. The second-order valence-electron chi connectivity index (χ2n) is 1.93. The second kappa shape index (κ2) is 2.26. The van der Waals surface area contributed by atoms with Gasteiger partial charge in [-0.25, -0.2) is 4.39 Å². The number of rotatable bonds is 2. The third-order valence-electron chi connectivity index (χ3n) is 1.07. The third-order valence-corrected chi connectivity index (χ3v) is 1.07. The van der Waals surface area contributed by atoms with E-state index in [2.05, 4.69) is 0 Å². The first-order valence-electron chi connectivity index (χ1n) is 2.42. The lowest BCUT2D eigenvalue weighted by Gasteiger charge is -2.12. The van der Waals surface area contributed by atoms with Crippen LogP contribution in [0.3, 0.4) is 0 Å². The normalized spacial score (nSPS) is 18.9. The van der Waals surface area contributed by atoms with Gasteiger partial charge in [0, 0.05) is 0 Å². The topological polar surface area (TPSA) is 20.2 Å². The number of hydrogen-bond acceptors (Lipinski definition) is 1. The Morgan fingerprint density at radius 3 is 2.14 bits per heavy atom. The Morgan fingerprint density at radius 1 is 1.71 bits per heavy atom. The minimum Gasteiger partial charge on any atom is -0.393 e. The van der Waals surface area contributed by atoms with Gasteiger partial charge in [0.2, 0.25) is 0 Å². The smallest absolute Gasteiger partial charge is 0.130 e. The van der Waals surface area contributed by atoms with Crippen molar-refractivity contribution >= 4 is 0 Å². The summed E-state index contributed by atoms with van der Waals surface area (Å²) in [6.45, 7) is 2.72. The first-order valence-corrected chi connectivity index (χ1v) is 2.42. The van der Waals surface area contributed by atoms with Crippen LogP contribution in [0.4, 0.5) is 4.39 Å². The maximum absolute atomic E-state index is 12.3. The Kier molecular flexibility index (Phi) is 2.23. The van der Waals surface area contributed by atoms with Crippen molar-refractivity contribution in [2.45, 2.75) is 25.9 Å². The summed E-state index contributed by atoms with van der Waals surface area (Å²) in [5, 5.41) is 8.22. The van der Waals surface area contributed by atoms with Crippen molar-refractivity contribution in [1.82, 2.24) is 0 Å². The van der Waals surface area contributed by atoms with Crippen molar-refractivity contribution in [1.29, 1.82) is 0 Å². The molecule has 0 saturated heterocycles. The van der Waals surface area contributed by atoms with Crippen LogP contribution >= 0.6 is 0 Å². The van der Waals surface area contributed by atoms with E-state index in [0.29, 0.717) is 6.42 Å². The number of aliphatic hydroxyl groups is 1. The van der Waals surface area contributed by atoms with Crippen LogP contribution in [0.1, 0.15) is 20.3 Å². The third kappa shape index (κ3) is 2.57. The summed E-state index contributed by atoms with van der Waals surface area (Å²) in [5.74, 6) is 0. The van der Waals surface area contributed by atoms with E-state index < -0.39 is 5.67 Å². The summed E-state index contributed by atoms with van der Waals surface area (Å²) < 4.78 is 12.3. The molecular formula is C5H11FO. The summed E-state index contributed by atoms with van der Waals surface area (Å²) in [7, 11) is 0. The minimum absolute atomic E-state index is 0.372. The molecule has 7 heavy (non-hydrogen) atoms. The minimum atomic E-state index is -1.36. The molecule has 0 aromatic carbocycles. The average molecular weight is 106 g/mol. The van der Waals surface area contributed by atoms with Gasteiger partial charge in [0.1, 0.15) is 5.67 Å². The Morgan fingerprint density at radius 2 is 2.14 bits per heavy atom. The van der Waals surface area contributed by atoms with Crippen LogP contribution in [-0.4, -0.2) is 17.4 Å². The fraction of sp³-hybridized carbons (Fsp3) is 1.00. The highest BCUT2D eigenvalue weighted by molar-refractivity contribution is 4.67. The molecule has 0 aromatic rings. The zero-order chi connectivity index (χ0) is 5.91. The first kappa shape index (κ1) is 6.89. The molecule has 1 N–H and O–H groups in total. The zero-order valence-electron chi connectivity index (χ0n) is 4.74. The fourth-order valence-electron chi connectivity index (χ4n) is 0.112. The lowest BCUT2D eigenvalue weighted by atomic mass is 10.1. The van der Waals surface area contributed by atoms with Crippen LogP contribution in [0.15, 0.2) is 0 Å². The predicted molar refractivity (Wildman–Crippen MR) is 26.9 cm³/mol. The molecule has 0 spiro atoms. The molecule has 0 bridgehead atoms. The van der Waals surface area contributed by atoms with E-state index in [9.17, 15) is 4.39 Å². The highest BCUT2D eigenvalue weighted by atomic mass is 19.1. The van der Waals surface area contributed by atoms with E-state index in [0.717, 1.165) is 0 Å². The molecule has 0 aliphatic rings. The molecule has 0 aliphatic heterocycles. The van der Waals surface area contributed by atoms with Crippen LogP contribution in [0.25, 0.3) is 0 Å². The molecule has 0 rings (SSSR count). The Bertz CT molecular complexity index is 46.0. The number of hydrogen-bond donors (Lipinski definition) is 1. The van der Waals surface area contributed by atoms with Gasteiger partial charge in [-0.1, -0.05) is 6.92 Å². The lowest BCUT2D eigenvalue weighted by Crippen LogP contribution is -2.20. The van der Waals surface area contributed by atoms with E-state index in [1.165, 1.54) is 6.92 Å². The monoisotopic (exact) mass is 106 g/mol. The highest BCUT2D eigenvalue weighted by Gasteiger charge is 2.17. The Labute approximate surface area is 43.2 Å². The average Bonchev–Trinajstić information content (AvgIpc) is 1.68. The summed E-state index contributed by atoms with van der Waals surface area (Å²) >= 11 is 0. The molecule has 0 saturated carbocycles. The Balaban J connectivity index is 3.36. The maximum atomic E-state index is 12.3. The van der Waals surface area contributed by atoms with Crippen LogP contribution < -0.4 is 0 Å². The molecule has 0 heterocycles. The van der Waals surface area contributed by atoms with Gasteiger partial charge in [0.25, 0.3) is 0 Å². The molecular weight excluding hydrogens is 95.1 g/mol. The van der Waals surface area contributed by atoms with Crippen molar-refractivity contribution in [3.05, 3.63) is 0 Å². The maximum Gasteiger partial charge on any atom is 0.130 e. The summed E-state index contributed by atoms with van der Waals surface area (Å²) in [6.07, 6.45) is 0.378. The largest absolute Gasteiger partial charge is 0.393 e. The van der Waals surface area contributed by atoms with E-state index in [1.807, 2.05) is 0 Å². The van der Waals surface area contributed by atoms with Gasteiger partial charge in [0.15, 0.2) is 0 Å². The van der Waals surface area contributed by atoms with Crippen LogP contribution in [0, 0.1) is 0 Å². The standard InChI is InChI=1S/C5H11FO/c1-3-5(2,6)4-7/h7H,3-4H2,1-2H3. The van der Waals surface area contributed by atoms with E-state index in [-0.39, 0.29) is 6.61 Å². The van der Waals surface area contributed by atoms with Crippen molar-refractivity contribution in [3.8, 4) is 0 Å². The van der Waals surface area contributed by atoms with Crippen molar-refractivity contribution in [2.75, 3.05) is 6.61 Å². The molecule has 0 amide bonds. The van der Waals surface area contributed by atoms with Crippen LogP contribution in [0.5, 0.6) is 0 Å². The molecule has 0 aromatic heterocycles. The number of alkyl halides is 1. The fourth-order valence-corrected chi connectivity index (χ4v) is 0.112. The molecule has 2 heteroatoms. The summed E-state index contributed by atoms with van der Waals surface area (Å²) in [6, 6.07) is 0. The molecule has 0 radical (unpaired) electrons. The molecule has 44 valence electrons.